The number of nitrogens with zero attached hydrogens (tertiary/aromatic N) is 4. The van der Waals surface area contributed by atoms with Gasteiger partial charge in [0.2, 0.25) is 5.91 Å². The van der Waals surface area contributed by atoms with Crippen molar-refractivity contribution in [3.8, 4) is 11.4 Å². The van der Waals surface area contributed by atoms with E-state index in [-0.39, 0.29) is 11.2 Å². The van der Waals surface area contributed by atoms with E-state index in [2.05, 4.69) is 52.5 Å². The first-order chi connectivity index (χ1) is 16.6. The smallest absolute Gasteiger partial charge is 0.237 e. The summed E-state index contributed by atoms with van der Waals surface area (Å²) in [6.45, 7) is 6.83. The molecule has 0 saturated heterocycles. The monoisotopic (exact) mass is 471 g/mol. The highest BCUT2D eigenvalue weighted by atomic mass is 32.2. The zero-order valence-corrected chi connectivity index (χ0v) is 20.5. The Kier molecular flexibility index (Phi) is 7.75. The van der Waals surface area contributed by atoms with Crippen LogP contribution in [0.25, 0.3) is 11.4 Å². The minimum Gasteiger partial charge on any atom is -0.325 e. The van der Waals surface area contributed by atoms with Gasteiger partial charge in [-0.3, -0.25) is 14.3 Å². The van der Waals surface area contributed by atoms with Gasteiger partial charge in [-0.05, 0) is 48.6 Å². The molecule has 4 aromatic rings. The van der Waals surface area contributed by atoms with E-state index in [0.717, 1.165) is 34.6 Å². The highest BCUT2D eigenvalue weighted by Gasteiger charge is 2.22. The van der Waals surface area contributed by atoms with Crippen LogP contribution in [0.3, 0.4) is 0 Å². The maximum absolute atomic E-state index is 13.1. The Morgan fingerprint density at radius 3 is 2.50 bits per heavy atom. The van der Waals surface area contributed by atoms with Gasteiger partial charge in [-0.25, -0.2) is 0 Å². The molecule has 0 unspecified atom stereocenters. The van der Waals surface area contributed by atoms with Crippen molar-refractivity contribution in [2.24, 2.45) is 0 Å². The van der Waals surface area contributed by atoms with Crippen LogP contribution in [-0.4, -0.2) is 30.9 Å². The van der Waals surface area contributed by atoms with E-state index in [9.17, 15) is 4.79 Å². The van der Waals surface area contributed by atoms with Crippen molar-refractivity contribution in [1.82, 2.24) is 19.7 Å². The van der Waals surface area contributed by atoms with Gasteiger partial charge in [0.15, 0.2) is 11.0 Å². The second-order valence-corrected chi connectivity index (χ2v) is 9.57. The maximum Gasteiger partial charge on any atom is 0.237 e. The van der Waals surface area contributed by atoms with Crippen LogP contribution in [0.4, 0.5) is 5.69 Å². The molecule has 4 rings (SSSR count). The van der Waals surface area contributed by atoms with Crippen LogP contribution in [0.2, 0.25) is 0 Å². The molecule has 7 heteroatoms. The van der Waals surface area contributed by atoms with Crippen molar-refractivity contribution >= 4 is 23.4 Å². The van der Waals surface area contributed by atoms with Crippen LogP contribution < -0.4 is 5.32 Å². The average molecular weight is 472 g/mol. The molecule has 34 heavy (non-hydrogen) atoms. The molecule has 6 nitrogen and oxygen atoms in total. The Morgan fingerprint density at radius 2 is 1.76 bits per heavy atom. The summed E-state index contributed by atoms with van der Waals surface area (Å²) < 4.78 is 2.05. The number of carbonyl (C=O) groups is 1. The van der Waals surface area contributed by atoms with Crippen molar-refractivity contribution in [2.75, 3.05) is 5.32 Å². The number of anilines is 1. The van der Waals surface area contributed by atoms with Crippen LogP contribution >= 0.6 is 11.8 Å². The number of rotatable bonds is 9. The predicted octanol–water partition coefficient (Wildman–Crippen LogP) is 6.02. The van der Waals surface area contributed by atoms with Crippen LogP contribution in [0, 0.1) is 0 Å². The minimum atomic E-state index is -0.356. The molecular formula is C27H29N5OS. The van der Waals surface area contributed by atoms with Gasteiger partial charge in [0.05, 0.1) is 11.8 Å². The van der Waals surface area contributed by atoms with Gasteiger partial charge in [0.25, 0.3) is 0 Å². The van der Waals surface area contributed by atoms with Gasteiger partial charge >= 0.3 is 0 Å². The summed E-state index contributed by atoms with van der Waals surface area (Å²) in [5, 5.41) is 12.4. The highest BCUT2D eigenvalue weighted by Crippen LogP contribution is 2.30. The zero-order valence-electron chi connectivity index (χ0n) is 19.7. The molecule has 0 spiro atoms. The third-order valence-corrected chi connectivity index (χ3v) is 6.91. The Bertz CT molecular complexity index is 1230. The van der Waals surface area contributed by atoms with E-state index in [4.69, 9.17) is 0 Å². The van der Waals surface area contributed by atoms with Crippen molar-refractivity contribution in [2.45, 2.75) is 50.1 Å². The van der Waals surface area contributed by atoms with E-state index in [1.807, 2.05) is 60.0 Å². The van der Waals surface area contributed by atoms with Crippen molar-refractivity contribution < 1.29 is 4.79 Å². The first-order valence-electron chi connectivity index (χ1n) is 11.5. The molecule has 2 atom stereocenters. The molecule has 0 aliphatic heterocycles. The fourth-order valence-corrected chi connectivity index (χ4v) is 4.55. The molecule has 0 fully saturated rings. The molecule has 0 radical (unpaired) electrons. The fraction of sp³-hybridized carbons (Fsp3) is 0.259. The molecule has 2 aromatic heterocycles. The van der Waals surface area contributed by atoms with Gasteiger partial charge in [-0.2, -0.15) is 0 Å². The molecule has 2 heterocycles. The molecule has 0 aliphatic rings. The standard InChI is InChI=1S/C27H29N5OS/c1-4-19(2)23-14-8-9-15-24(23)29-26(33)20(3)34-27-31-30-25(22-13-10-16-28-17-22)32(27)18-21-11-6-5-7-12-21/h5-17,19-20H,4,18H2,1-3H3,(H,29,33)/t19-,20+/m1/s1. The van der Waals surface area contributed by atoms with Crippen molar-refractivity contribution in [3.63, 3.8) is 0 Å². The number of amides is 1. The summed E-state index contributed by atoms with van der Waals surface area (Å²) in [4.78, 5) is 17.4. The van der Waals surface area contributed by atoms with Gasteiger partial charge in [0.1, 0.15) is 0 Å². The van der Waals surface area contributed by atoms with Gasteiger partial charge in [-0.15, -0.1) is 10.2 Å². The summed E-state index contributed by atoms with van der Waals surface area (Å²) in [6.07, 6.45) is 4.53. The lowest BCUT2D eigenvalue weighted by Gasteiger charge is -2.18. The first kappa shape index (κ1) is 23.7. The molecule has 0 saturated carbocycles. The van der Waals surface area contributed by atoms with Crippen molar-refractivity contribution in [1.29, 1.82) is 0 Å². The molecular weight excluding hydrogens is 442 g/mol. The van der Waals surface area contributed by atoms with Gasteiger partial charge in [0, 0.05) is 23.6 Å². The number of aromatic nitrogens is 4. The van der Waals surface area contributed by atoms with Gasteiger partial charge in [-0.1, -0.05) is 74.1 Å². The third kappa shape index (κ3) is 5.54. The van der Waals surface area contributed by atoms with Crippen LogP contribution in [-0.2, 0) is 11.3 Å². The van der Waals surface area contributed by atoms with E-state index >= 15 is 0 Å². The van der Waals surface area contributed by atoms with Crippen molar-refractivity contribution in [3.05, 3.63) is 90.3 Å². The quantitative estimate of drug-likeness (QED) is 0.302. The fourth-order valence-electron chi connectivity index (χ4n) is 3.70. The molecule has 174 valence electrons. The zero-order chi connectivity index (χ0) is 23.9. The van der Waals surface area contributed by atoms with Crippen LogP contribution in [0.5, 0.6) is 0 Å². The molecule has 1 N–H and O–H groups in total. The Balaban J connectivity index is 1.57. The molecule has 1 amide bonds. The largest absolute Gasteiger partial charge is 0.325 e. The summed E-state index contributed by atoms with van der Waals surface area (Å²) in [6, 6.07) is 22.0. The lowest BCUT2D eigenvalue weighted by atomic mass is 9.97. The number of pyridine rings is 1. The van der Waals surface area contributed by atoms with E-state index in [1.165, 1.54) is 11.8 Å². The summed E-state index contributed by atoms with van der Waals surface area (Å²) in [5.74, 6) is 1.04. The predicted molar refractivity (Wildman–Crippen MR) is 138 cm³/mol. The topological polar surface area (TPSA) is 72.7 Å². The molecule has 0 bridgehead atoms. The molecule has 0 aliphatic carbocycles. The highest BCUT2D eigenvalue weighted by molar-refractivity contribution is 8.00. The van der Waals surface area contributed by atoms with Crippen LogP contribution in [0.1, 0.15) is 44.2 Å². The number of thioether (sulfide) groups is 1. The van der Waals surface area contributed by atoms with Crippen LogP contribution in [0.15, 0.2) is 84.3 Å². The second-order valence-electron chi connectivity index (χ2n) is 8.27. The second kappa shape index (κ2) is 11.1. The number of para-hydroxylation sites is 1. The Hall–Kier alpha value is -3.45. The Labute approximate surface area is 204 Å². The van der Waals surface area contributed by atoms with E-state index in [1.54, 1.807) is 12.4 Å². The number of carbonyl (C=O) groups excluding carboxylic acids is 1. The summed E-state index contributed by atoms with van der Waals surface area (Å²) >= 11 is 1.41. The number of benzene rings is 2. The normalized spacial score (nSPS) is 12.8. The first-order valence-corrected chi connectivity index (χ1v) is 12.4. The van der Waals surface area contributed by atoms with E-state index in [0.29, 0.717) is 17.6 Å². The minimum absolute atomic E-state index is 0.0575. The van der Waals surface area contributed by atoms with Gasteiger partial charge < -0.3 is 5.32 Å². The summed E-state index contributed by atoms with van der Waals surface area (Å²) in [5.41, 5.74) is 4.05. The van der Waals surface area contributed by atoms with E-state index < -0.39 is 0 Å². The number of hydrogen-bond acceptors (Lipinski definition) is 5. The average Bonchev–Trinajstić information content (AvgIpc) is 3.26. The Morgan fingerprint density at radius 1 is 1.00 bits per heavy atom. The third-order valence-electron chi connectivity index (χ3n) is 5.83. The lowest BCUT2D eigenvalue weighted by molar-refractivity contribution is -0.115. The summed E-state index contributed by atoms with van der Waals surface area (Å²) in [7, 11) is 0. The lowest BCUT2D eigenvalue weighted by Crippen LogP contribution is -2.24. The maximum atomic E-state index is 13.1. The molecule has 2 aromatic carbocycles. The number of hydrogen-bond donors (Lipinski definition) is 1. The SMILES string of the molecule is CC[C@@H](C)c1ccccc1NC(=O)[C@H](C)Sc1nnc(-c2cccnc2)n1Cc1ccccc1. The number of nitrogens with one attached hydrogen (secondary N) is 1.